The van der Waals surface area contributed by atoms with Gasteiger partial charge in [-0.1, -0.05) is 26.7 Å². The Labute approximate surface area is 92.6 Å². The lowest BCUT2D eigenvalue weighted by Crippen LogP contribution is -2.34. The normalized spacial score (nSPS) is 13.4. The Balaban J connectivity index is 3.33. The van der Waals surface area contributed by atoms with Gasteiger partial charge in [-0.15, -0.1) is 0 Å². The lowest BCUT2D eigenvalue weighted by atomic mass is 9.97. The van der Waals surface area contributed by atoms with E-state index in [1.54, 1.807) is 0 Å². The van der Waals surface area contributed by atoms with E-state index in [1.807, 2.05) is 0 Å². The Bertz CT molecular complexity index is 129. The van der Waals surface area contributed by atoms with E-state index in [0.717, 1.165) is 19.4 Å². The van der Waals surface area contributed by atoms with Crippen LogP contribution >= 0.6 is 0 Å². The van der Waals surface area contributed by atoms with E-state index in [4.69, 9.17) is 9.84 Å². The first-order valence-corrected chi connectivity index (χ1v) is 5.83. The highest BCUT2D eigenvalue weighted by molar-refractivity contribution is 4.68. The molecule has 0 amide bonds. The van der Waals surface area contributed by atoms with Gasteiger partial charge in [-0.25, -0.2) is 0 Å². The molecule has 0 spiro atoms. The van der Waals surface area contributed by atoms with E-state index in [0.29, 0.717) is 25.7 Å². The Hall–Kier alpha value is -0.160. The topological polar surface area (TPSA) is 61.7 Å². The quantitative estimate of drug-likeness (QED) is 0.465. The Kier molecular flexibility index (Phi) is 10.3. The average molecular weight is 219 g/mol. The van der Waals surface area contributed by atoms with Crippen LogP contribution in [-0.4, -0.2) is 49.2 Å². The molecule has 0 aliphatic rings. The van der Waals surface area contributed by atoms with Gasteiger partial charge in [0.1, 0.15) is 0 Å². The minimum Gasteiger partial charge on any atom is -0.394 e. The van der Waals surface area contributed by atoms with Crippen molar-refractivity contribution >= 4 is 0 Å². The minimum absolute atomic E-state index is 0.0658. The standard InChI is InChI=1S/C11H25NO3/c1-3-10(4-2)11(14)9-12-5-7-15-8-6-13/h10-14H,3-9H2,1-2H3. The number of nitrogens with one attached hydrogen (secondary N) is 1. The summed E-state index contributed by atoms with van der Waals surface area (Å²) in [5.41, 5.74) is 0. The Morgan fingerprint density at radius 1 is 1.20 bits per heavy atom. The van der Waals surface area contributed by atoms with E-state index in [-0.39, 0.29) is 12.7 Å². The van der Waals surface area contributed by atoms with E-state index >= 15 is 0 Å². The van der Waals surface area contributed by atoms with Crippen molar-refractivity contribution in [2.24, 2.45) is 5.92 Å². The molecule has 4 heteroatoms. The monoisotopic (exact) mass is 219 g/mol. The molecule has 15 heavy (non-hydrogen) atoms. The molecule has 1 atom stereocenters. The fourth-order valence-corrected chi connectivity index (χ4v) is 1.56. The van der Waals surface area contributed by atoms with Crippen molar-refractivity contribution < 1.29 is 14.9 Å². The molecule has 0 aliphatic heterocycles. The second kappa shape index (κ2) is 10.4. The van der Waals surface area contributed by atoms with Gasteiger partial charge in [0, 0.05) is 13.1 Å². The van der Waals surface area contributed by atoms with Crippen molar-refractivity contribution in [3.8, 4) is 0 Å². The number of aliphatic hydroxyl groups is 2. The SMILES string of the molecule is CCC(CC)C(O)CNCCOCCO. The molecule has 0 bridgehead atoms. The van der Waals surface area contributed by atoms with E-state index in [1.165, 1.54) is 0 Å². The zero-order chi connectivity index (χ0) is 11.5. The summed E-state index contributed by atoms with van der Waals surface area (Å²) in [5, 5.41) is 21.4. The number of rotatable bonds is 10. The van der Waals surface area contributed by atoms with Crippen LogP contribution in [0.3, 0.4) is 0 Å². The van der Waals surface area contributed by atoms with Crippen LogP contribution in [-0.2, 0) is 4.74 Å². The largest absolute Gasteiger partial charge is 0.394 e. The molecule has 0 radical (unpaired) electrons. The Morgan fingerprint density at radius 2 is 1.87 bits per heavy atom. The molecule has 0 heterocycles. The Morgan fingerprint density at radius 3 is 2.40 bits per heavy atom. The van der Waals surface area contributed by atoms with Gasteiger partial charge in [-0.2, -0.15) is 0 Å². The molecule has 0 fully saturated rings. The zero-order valence-electron chi connectivity index (χ0n) is 9.91. The van der Waals surface area contributed by atoms with Gasteiger partial charge in [0.25, 0.3) is 0 Å². The molecule has 0 aromatic carbocycles. The van der Waals surface area contributed by atoms with Gasteiger partial charge in [0.2, 0.25) is 0 Å². The van der Waals surface area contributed by atoms with Gasteiger partial charge < -0.3 is 20.3 Å². The molecule has 0 saturated heterocycles. The smallest absolute Gasteiger partial charge is 0.0698 e. The highest BCUT2D eigenvalue weighted by Crippen LogP contribution is 2.11. The lowest BCUT2D eigenvalue weighted by Gasteiger charge is -2.20. The zero-order valence-corrected chi connectivity index (χ0v) is 9.91. The summed E-state index contributed by atoms with van der Waals surface area (Å²) in [6.45, 7) is 6.57. The third-order valence-corrected chi connectivity index (χ3v) is 2.61. The van der Waals surface area contributed by atoms with Gasteiger partial charge in [0.05, 0.1) is 25.9 Å². The molecular formula is C11H25NO3. The predicted molar refractivity (Wildman–Crippen MR) is 60.9 cm³/mol. The van der Waals surface area contributed by atoms with Crippen molar-refractivity contribution in [2.45, 2.75) is 32.8 Å². The third-order valence-electron chi connectivity index (χ3n) is 2.61. The number of hydrogen-bond donors (Lipinski definition) is 3. The van der Waals surface area contributed by atoms with Crippen LogP contribution in [0.2, 0.25) is 0 Å². The molecule has 4 nitrogen and oxygen atoms in total. The summed E-state index contributed by atoms with van der Waals surface area (Å²) < 4.78 is 5.08. The second-order valence-corrected chi connectivity index (χ2v) is 3.68. The molecule has 0 aromatic heterocycles. The van der Waals surface area contributed by atoms with Crippen LogP contribution in [0.15, 0.2) is 0 Å². The summed E-state index contributed by atoms with van der Waals surface area (Å²) in [7, 11) is 0. The molecular weight excluding hydrogens is 194 g/mol. The van der Waals surface area contributed by atoms with Crippen LogP contribution in [0.5, 0.6) is 0 Å². The van der Waals surface area contributed by atoms with E-state index < -0.39 is 0 Å². The fourth-order valence-electron chi connectivity index (χ4n) is 1.56. The molecule has 1 unspecified atom stereocenters. The van der Waals surface area contributed by atoms with Crippen LogP contribution in [0.1, 0.15) is 26.7 Å². The molecule has 92 valence electrons. The maximum Gasteiger partial charge on any atom is 0.0698 e. The second-order valence-electron chi connectivity index (χ2n) is 3.68. The summed E-state index contributed by atoms with van der Waals surface area (Å²) in [6.07, 6.45) is 1.76. The number of aliphatic hydroxyl groups excluding tert-OH is 2. The van der Waals surface area contributed by atoms with Crippen molar-refractivity contribution in [1.29, 1.82) is 0 Å². The van der Waals surface area contributed by atoms with Crippen molar-refractivity contribution in [3.05, 3.63) is 0 Å². The summed E-state index contributed by atoms with van der Waals surface area (Å²) >= 11 is 0. The number of ether oxygens (including phenoxy) is 1. The molecule has 0 aliphatic carbocycles. The van der Waals surface area contributed by atoms with Crippen molar-refractivity contribution in [3.63, 3.8) is 0 Å². The molecule has 0 saturated carbocycles. The van der Waals surface area contributed by atoms with E-state index in [9.17, 15) is 5.11 Å². The molecule has 0 aromatic rings. The molecule has 3 N–H and O–H groups in total. The number of hydrogen-bond acceptors (Lipinski definition) is 4. The summed E-state index contributed by atoms with van der Waals surface area (Å²) in [5.74, 6) is 0.385. The summed E-state index contributed by atoms with van der Waals surface area (Å²) in [6, 6.07) is 0. The highest BCUT2D eigenvalue weighted by Gasteiger charge is 2.14. The van der Waals surface area contributed by atoms with Gasteiger partial charge >= 0.3 is 0 Å². The maximum atomic E-state index is 9.77. The first-order chi connectivity index (χ1) is 7.26. The first-order valence-electron chi connectivity index (χ1n) is 5.83. The van der Waals surface area contributed by atoms with Gasteiger partial charge in [-0.3, -0.25) is 0 Å². The van der Waals surface area contributed by atoms with Crippen LogP contribution < -0.4 is 5.32 Å². The van der Waals surface area contributed by atoms with Crippen molar-refractivity contribution in [1.82, 2.24) is 5.32 Å². The minimum atomic E-state index is -0.266. The average Bonchev–Trinajstić information content (AvgIpc) is 2.25. The highest BCUT2D eigenvalue weighted by atomic mass is 16.5. The van der Waals surface area contributed by atoms with Crippen LogP contribution in [0.25, 0.3) is 0 Å². The van der Waals surface area contributed by atoms with Gasteiger partial charge in [-0.05, 0) is 5.92 Å². The lowest BCUT2D eigenvalue weighted by molar-refractivity contribution is 0.0816. The first kappa shape index (κ1) is 14.8. The van der Waals surface area contributed by atoms with Crippen molar-refractivity contribution in [2.75, 3.05) is 32.9 Å². The summed E-state index contributed by atoms with van der Waals surface area (Å²) in [4.78, 5) is 0. The van der Waals surface area contributed by atoms with Gasteiger partial charge in [0.15, 0.2) is 0 Å². The van der Waals surface area contributed by atoms with Crippen LogP contribution in [0.4, 0.5) is 0 Å². The fraction of sp³-hybridized carbons (Fsp3) is 1.00. The van der Waals surface area contributed by atoms with Crippen LogP contribution in [0, 0.1) is 5.92 Å². The van der Waals surface area contributed by atoms with E-state index in [2.05, 4.69) is 19.2 Å². The maximum absolute atomic E-state index is 9.77. The predicted octanol–water partition coefficient (Wildman–Crippen LogP) is 0.382. The molecule has 0 rings (SSSR count). The third kappa shape index (κ3) is 7.73.